The monoisotopic (exact) mass is 420 g/mol. The number of aromatic nitrogens is 4. The van der Waals surface area contributed by atoms with Gasteiger partial charge in [-0.05, 0) is 44.5 Å². The number of rotatable bonds is 4. The average Bonchev–Trinajstić information content (AvgIpc) is 3.22. The molecule has 3 aromatic heterocycles. The molecule has 0 amide bonds. The van der Waals surface area contributed by atoms with Crippen LogP contribution in [0.5, 0.6) is 0 Å². The maximum absolute atomic E-state index is 13.1. The highest BCUT2D eigenvalue weighted by Gasteiger charge is 2.59. The van der Waals surface area contributed by atoms with E-state index >= 15 is 0 Å². The van der Waals surface area contributed by atoms with Crippen LogP contribution < -0.4 is 0 Å². The molecular weight excluding hydrogens is 398 g/mol. The second-order valence-electron chi connectivity index (χ2n) is 7.91. The van der Waals surface area contributed by atoms with Crippen LogP contribution in [0.2, 0.25) is 0 Å². The molecule has 5 atom stereocenters. The molecule has 4 rings (SSSR count). The SMILES string of the molecule is Cc1ncnc2c1ccn2[C@@H]1O[C@H]([C@](C)(O)c2ccnc(C(F)F)c2)[C@@](C)(O)[C@H]1O. The van der Waals surface area contributed by atoms with Crippen LogP contribution in [0.15, 0.2) is 36.9 Å². The van der Waals surface area contributed by atoms with Crippen molar-refractivity contribution in [2.45, 2.75) is 56.8 Å². The van der Waals surface area contributed by atoms with Gasteiger partial charge in [0.25, 0.3) is 6.43 Å². The van der Waals surface area contributed by atoms with Gasteiger partial charge < -0.3 is 24.6 Å². The van der Waals surface area contributed by atoms with Gasteiger partial charge in [0.05, 0.1) is 5.69 Å². The number of ether oxygens (including phenoxy) is 1. The van der Waals surface area contributed by atoms with E-state index in [2.05, 4.69) is 15.0 Å². The van der Waals surface area contributed by atoms with E-state index in [9.17, 15) is 24.1 Å². The predicted octanol–water partition coefficient (Wildman–Crippen LogP) is 1.99. The normalized spacial score (nSPS) is 28.9. The van der Waals surface area contributed by atoms with Crippen LogP contribution in [0.4, 0.5) is 8.78 Å². The van der Waals surface area contributed by atoms with E-state index in [4.69, 9.17) is 4.74 Å². The van der Waals surface area contributed by atoms with Crippen molar-refractivity contribution in [3.8, 4) is 0 Å². The molecule has 4 heterocycles. The molecule has 160 valence electrons. The fourth-order valence-electron chi connectivity index (χ4n) is 4.05. The molecule has 0 unspecified atom stereocenters. The summed E-state index contributed by atoms with van der Waals surface area (Å²) < 4.78 is 33.6. The summed E-state index contributed by atoms with van der Waals surface area (Å²) in [7, 11) is 0. The molecule has 10 heteroatoms. The molecule has 1 fully saturated rings. The molecule has 30 heavy (non-hydrogen) atoms. The standard InChI is InChI=1S/C20H22F2N4O4/c1-10-12-5-7-26(16(12)25-9-24-10)17-14(27)20(3,29)18(30-17)19(2,28)11-4-6-23-13(8-11)15(21)22/h4-9,14-15,17-18,27-29H,1-3H3/t14-,17+,18+,19+,20-/m0/s1. The minimum atomic E-state index is -2.82. The number of hydrogen-bond donors (Lipinski definition) is 3. The number of fused-ring (bicyclic) bond motifs is 1. The fraction of sp³-hybridized carbons (Fsp3) is 0.450. The van der Waals surface area contributed by atoms with Gasteiger partial charge in [-0.1, -0.05) is 0 Å². The van der Waals surface area contributed by atoms with E-state index in [1.54, 1.807) is 16.8 Å². The van der Waals surface area contributed by atoms with E-state index in [1.165, 1.54) is 26.2 Å². The number of aryl methyl sites for hydroxylation is 1. The molecule has 1 aliphatic rings. The number of nitrogens with zero attached hydrogens (tertiary/aromatic N) is 4. The van der Waals surface area contributed by atoms with Gasteiger partial charge in [-0.15, -0.1) is 0 Å². The molecule has 8 nitrogen and oxygen atoms in total. The van der Waals surface area contributed by atoms with Crippen LogP contribution in [-0.4, -0.2) is 52.6 Å². The molecule has 1 saturated heterocycles. The van der Waals surface area contributed by atoms with Crippen molar-refractivity contribution in [3.63, 3.8) is 0 Å². The Bertz CT molecular complexity index is 1090. The van der Waals surface area contributed by atoms with Crippen molar-refractivity contribution < 1.29 is 28.8 Å². The molecule has 3 N–H and O–H groups in total. The van der Waals surface area contributed by atoms with Crippen LogP contribution in [0, 0.1) is 6.92 Å². The van der Waals surface area contributed by atoms with Crippen LogP contribution in [-0.2, 0) is 10.3 Å². The first-order valence-corrected chi connectivity index (χ1v) is 9.36. The predicted molar refractivity (Wildman–Crippen MR) is 102 cm³/mol. The Kier molecular flexibility index (Phi) is 4.85. The molecule has 0 spiro atoms. The van der Waals surface area contributed by atoms with Crippen LogP contribution in [0.3, 0.4) is 0 Å². The van der Waals surface area contributed by atoms with Crippen LogP contribution >= 0.6 is 0 Å². The highest BCUT2D eigenvalue weighted by molar-refractivity contribution is 5.78. The minimum Gasteiger partial charge on any atom is -0.385 e. The smallest absolute Gasteiger partial charge is 0.280 e. The van der Waals surface area contributed by atoms with Crippen molar-refractivity contribution in [1.29, 1.82) is 0 Å². The zero-order valence-corrected chi connectivity index (χ0v) is 16.6. The highest BCUT2D eigenvalue weighted by atomic mass is 19.3. The van der Waals surface area contributed by atoms with Crippen molar-refractivity contribution in [2.24, 2.45) is 0 Å². The molecule has 0 aliphatic carbocycles. The first-order valence-electron chi connectivity index (χ1n) is 9.36. The zero-order chi connectivity index (χ0) is 21.8. The topological polar surface area (TPSA) is 114 Å². The van der Waals surface area contributed by atoms with E-state index in [1.807, 2.05) is 6.92 Å². The molecular formula is C20H22F2N4O4. The Morgan fingerprint density at radius 2 is 2.00 bits per heavy atom. The quantitative estimate of drug-likeness (QED) is 0.592. The lowest BCUT2D eigenvalue weighted by Gasteiger charge is -2.37. The van der Waals surface area contributed by atoms with Crippen molar-refractivity contribution in [3.05, 3.63) is 53.9 Å². The maximum atomic E-state index is 13.1. The molecule has 3 aromatic rings. The highest BCUT2D eigenvalue weighted by Crippen LogP contribution is 2.46. The van der Waals surface area contributed by atoms with E-state index in [-0.39, 0.29) is 5.56 Å². The third-order valence-corrected chi connectivity index (χ3v) is 5.76. The maximum Gasteiger partial charge on any atom is 0.280 e. The fourth-order valence-corrected chi connectivity index (χ4v) is 4.05. The van der Waals surface area contributed by atoms with Crippen LogP contribution in [0.25, 0.3) is 11.0 Å². The first-order chi connectivity index (χ1) is 14.0. The van der Waals surface area contributed by atoms with Gasteiger partial charge in [0, 0.05) is 17.8 Å². The van der Waals surface area contributed by atoms with Gasteiger partial charge in [0.1, 0.15) is 41.1 Å². The summed E-state index contributed by atoms with van der Waals surface area (Å²) >= 11 is 0. The molecule has 0 bridgehead atoms. The van der Waals surface area contributed by atoms with Gasteiger partial charge in [0.15, 0.2) is 6.23 Å². The van der Waals surface area contributed by atoms with Gasteiger partial charge in [-0.3, -0.25) is 4.98 Å². The summed E-state index contributed by atoms with van der Waals surface area (Å²) in [5.74, 6) is 0. The lowest BCUT2D eigenvalue weighted by Crippen LogP contribution is -2.53. The summed E-state index contributed by atoms with van der Waals surface area (Å²) in [6, 6.07) is 4.19. The lowest BCUT2D eigenvalue weighted by molar-refractivity contribution is -0.161. The van der Waals surface area contributed by atoms with Gasteiger partial charge in [-0.25, -0.2) is 18.7 Å². The van der Waals surface area contributed by atoms with Gasteiger partial charge in [-0.2, -0.15) is 0 Å². The second kappa shape index (κ2) is 7.02. The van der Waals surface area contributed by atoms with Gasteiger partial charge in [0.2, 0.25) is 0 Å². The van der Waals surface area contributed by atoms with Crippen molar-refractivity contribution in [2.75, 3.05) is 0 Å². The van der Waals surface area contributed by atoms with E-state index in [0.29, 0.717) is 5.65 Å². The Morgan fingerprint density at radius 1 is 1.27 bits per heavy atom. The minimum absolute atomic E-state index is 0.0847. The first kappa shape index (κ1) is 20.7. The Morgan fingerprint density at radius 3 is 2.70 bits per heavy atom. The third kappa shape index (κ3) is 3.07. The van der Waals surface area contributed by atoms with E-state index < -0.39 is 41.8 Å². The summed E-state index contributed by atoms with van der Waals surface area (Å²) in [5, 5.41) is 33.9. The number of pyridine rings is 1. The summed E-state index contributed by atoms with van der Waals surface area (Å²) in [6.45, 7) is 4.48. The summed E-state index contributed by atoms with van der Waals surface area (Å²) in [6.07, 6.45) is -2.48. The number of halogens is 2. The molecule has 0 aromatic carbocycles. The second-order valence-corrected chi connectivity index (χ2v) is 7.91. The number of aliphatic hydroxyl groups excluding tert-OH is 1. The summed E-state index contributed by atoms with van der Waals surface area (Å²) in [5.41, 5.74) is -3.00. The zero-order valence-electron chi connectivity index (χ0n) is 16.6. The Labute approximate surface area is 170 Å². The number of alkyl halides is 2. The van der Waals surface area contributed by atoms with Gasteiger partial charge >= 0.3 is 0 Å². The lowest BCUT2D eigenvalue weighted by atomic mass is 9.80. The summed E-state index contributed by atoms with van der Waals surface area (Å²) in [4.78, 5) is 12.0. The third-order valence-electron chi connectivity index (χ3n) is 5.76. The van der Waals surface area contributed by atoms with Crippen molar-refractivity contribution >= 4 is 11.0 Å². The number of aliphatic hydroxyl groups is 3. The van der Waals surface area contributed by atoms with Crippen molar-refractivity contribution in [1.82, 2.24) is 19.5 Å². The Hall–Kier alpha value is -2.53. The van der Waals surface area contributed by atoms with Crippen LogP contribution in [0.1, 0.15) is 43.5 Å². The average molecular weight is 420 g/mol. The molecule has 0 saturated carbocycles. The van der Waals surface area contributed by atoms with E-state index in [0.717, 1.165) is 23.3 Å². The largest absolute Gasteiger partial charge is 0.385 e. The molecule has 1 aliphatic heterocycles. The molecule has 0 radical (unpaired) electrons. The Balaban J connectivity index is 1.74. The number of hydrogen-bond acceptors (Lipinski definition) is 7.